The fourth-order valence-corrected chi connectivity index (χ4v) is 1.90. The van der Waals surface area contributed by atoms with E-state index in [-0.39, 0.29) is 5.82 Å². The molecule has 0 radical (unpaired) electrons. The molecule has 100 valence electrons. The molecule has 2 aromatic carbocycles. The Hall–Kier alpha value is -1.87. The lowest BCUT2D eigenvalue weighted by Gasteiger charge is -2.06. The highest BCUT2D eigenvalue weighted by Crippen LogP contribution is 2.12. The molecular formula is C16H18FNO. The van der Waals surface area contributed by atoms with Gasteiger partial charge in [-0.05, 0) is 48.4 Å². The number of hydrogen-bond acceptors (Lipinski definition) is 2. The van der Waals surface area contributed by atoms with E-state index in [0.717, 1.165) is 30.8 Å². The van der Waals surface area contributed by atoms with Crippen LogP contribution in [0.3, 0.4) is 0 Å². The smallest absolute Gasteiger partial charge is 0.123 e. The monoisotopic (exact) mass is 259 g/mol. The van der Waals surface area contributed by atoms with Crippen molar-refractivity contribution in [3.05, 3.63) is 65.5 Å². The maximum absolute atomic E-state index is 12.7. The van der Waals surface area contributed by atoms with Crippen molar-refractivity contribution in [1.29, 1.82) is 0 Å². The van der Waals surface area contributed by atoms with Crippen molar-refractivity contribution in [1.82, 2.24) is 5.32 Å². The summed E-state index contributed by atoms with van der Waals surface area (Å²) in [7, 11) is 1.67. The van der Waals surface area contributed by atoms with E-state index in [9.17, 15) is 4.39 Å². The van der Waals surface area contributed by atoms with Crippen LogP contribution in [0.1, 0.15) is 11.1 Å². The lowest BCUT2D eigenvalue weighted by Crippen LogP contribution is -2.16. The molecule has 0 saturated heterocycles. The number of hydrogen-bond donors (Lipinski definition) is 1. The Morgan fingerprint density at radius 1 is 1.05 bits per heavy atom. The standard InChI is InChI=1S/C16H18FNO/c1-19-16-4-2-3-13(11-16)9-10-18-12-14-5-7-15(17)8-6-14/h2-8,11,18H,9-10,12H2,1H3. The quantitative estimate of drug-likeness (QED) is 0.805. The first-order valence-corrected chi connectivity index (χ1v) is 6.36. The average molecular weight is 259 g/mol. The zero-order chi connectivity index (χ0) is 13.5. The summed E-state index contributed by atoms with van der Waals surface area (Å²) in [6, 6.07) is 14.6. The molecule has 0 spiro atoms. The van der Waals surface area contributed by atoms with Gasteiger partial charge in [-0.25, -0.2) is 4.39 Å². The van der Waals surface area contributed by atoms with Crippen LogP contribution in [-0.4, -0.2) is 13.7 Å². The van der Waals surface area contributed by atoms with Crippen molar-refractivity contribution < 1.29 is 9.13 Å². The lowest BCUT2D eigenvalue weighted by atomic mass is 10.1. The first-order chi connectivity index (χ1) is 9.28. The second-order valence-electron chi connectivity index (χ2n) is 4.40. The average Bonchev–Trinajstić information content (AvgIpc) is 2.46. The normalized spacial score (nSPS) is 10.4. The van der Waals surface area contributed by atoms with Crippen molar-refractivity contribution in [2.75, 3.05) is 13.7 Å². The summed E-state index contributed by atoms with van der Waals surface area (Å²) in [6.45, 7) is 1.63. The highest BCUT2D eigenvalue weighted by atomic mass is 19.1. The fraction of sp³-hybridized carbons (Fsp3) is 0.250. The molecule has 1 N–H and O–H groups in total. The van der Waals surface area contributed by atoms with E-state index in [1.54, 1.807) is 19.2 Å². The van der Waals surface area contributed by atoms with Crippen LogP contribution >= 0.6 is 0 Å². The number of nitrogens with one attached hydrogen (secondary N) is 1. The zero-order valence-corrected chi connectivity index (χ0v) is 11.0. The third-order valence-corrected chi connectivity index (χ3v) is 2.97. The summed E-state index contributed by atoms with van der Waals surface area (Å²) >= 11 is 0. The van der Waals surface area contributed by atoms with Gasteiger partial charge in [0, 0.05) is 6.54 Å². The van der Waals surface area contributed by atoms with Gasteiger partial charge in [0.25, 0.3) is 0 Å². The Balaban J connectivity index is 1.75. The van der Waals surface area contributed by atoms with Gasteiger partial charge < -0.3 is 10.1 Å². The predicted molar refractivity (Wildman–Crippen MR) is 74.8 cm³/mol. The number of benzene rings is 2. The van der Waals surface area contributed by atoms with E-state index in [2.05, 4.69) is 11.4 Å². The van der Waals surface area contributed by atoms with Gasteiger partial charge in [0.2, 0.25) is 0 Å². The Bertz CT molecular complexity index is 510. The number of ether oxygens (including phenoxy) is 1. The topological polar surface area (TPSA) is 21.3 Å². The minimum absolute atomic E-state index is 0.194. The molecule has 0 amide bonds. The molecule has 0 aliphatic heterocycles. The van der Waals surface area contributed by atoms with E-state index in [4.69, 9.17) is 4.74 Å². The van der Waals surface area contributed by atoms with Crippen LogP contribution in [0.15, 0.2) is 48.5 Å². The van der Waals surface area contributed by atoms with Gasteiger partial charge in [0.05, 0.1) is 7.11 Å². The maximum atomic E-state index is 12.7. The largest absolute Gasteiger partial charge is 0.497 e. The van der Waals surface area contributed by atoms with Crippen LogP contribution in [-0.2, 0) is 13.0 Å². The van der Waals surface area contributed by atoms with Crippen LogP contribution in [0.4, 0.5) is 4.39 Å². The molecule has 0 aliphatic carbocycles. The third kappa shape index (κ3) is 4.38. The molecule has 3 heteroatoms. The predicted octanol–water partition coefficient (Wildman–Crippen LogP) is 3.17. The van der Waals surface area contributed by atoms with E-state index in [0.29, 0.717) is 0 Å². The van der Waals surface area contributed by atoms with E-state index in [1.807, 2.05) is 18.2 Å². The van der Waals surface area contributed by atoms with Crippen LogP contribution in [0.5, 0.6) is 5.75 Å². The Kier molecular flexibility index (Phi) is 4.93. The van der Waals surface area contributed by atoms with Gasteiger partial charge in [0.15, 0.2) is 0 Å². The Morgan fingerprint density at radius 3 is 2.58 bits per heavy atom. The summed E-state index contributed by atoms with van der Waals surface area (Å²) in [4.78, 5) is 0. The van der Waals surface area contributed by atoms with Crippen molar-refractivity contribution in [2.45, 2.75) is 13.0 Å². The molecule has 0 heterocycles. The van der Waals surface area contributed by atoms with Crippen LogP contribution < -0.4 is 10.1 Å². The third-order valence-electron chi connectivity index (χ3n) is 2.97. The minimum atomic E-state index is -0.194. The SMILES string of the molecule is COc1cccc(CCNCc2ccc(F)cc2)c1. The molecule has 0 aliphatic rings. The van der Waals surface area contributed by atoms with Crippen LogP contribution in [0, 0.1) is 5.82 Å². The van der Waals surface area contributed by atoms with Crippen LogP contribution in [0.2, 0.25) is 0 Å². The summed E-state index contributed by atoms with van der Waals surface area (Å²) in [5.74, 6) is 0.691. The van der Waals surface area contributed by atoms with E-state index >= 15 is 0 Å². The second kappa shape index (κ2) is 6.90. The molecule has 0 saturated carbocycles. The summed E-state index contributed by atoms with van der Waals surface area (Å²) in [6.07, 6.45) is 0.943. The van der Waals surface area contributed by atoms with Crippen molar-refractivity contribution >= 4 is 0 Å². The van der Waals surface area contributed by atoms with Gasteiger partial charge in [-0.15, -0.1) is 0 Å². The molecule has 0 bridgehead atoms. The van der Waals surface area contributed by atoms with Gasteiger partial charge in [-0.3, -0.25) is 0 Å². The summed E-state index contributed by atoms with van der Waals surface area (Å²) in [5, 5.41) is 3.34. The maximum Gasteiger partial charge on any atom is 0.123 e. The molecule has 2 aromatic rings. The first-order valence-electron chi connectivity index (χ1n) is 6.36. The van der Waals surface area contributed by atoms with Crippen molar-refractivity contribution in [3.8, 4) is 5.75 Å². The van der Waals surface area contributed by atoms with E-state index in [1.165, 1.54) is 17.7 Å². The molecule has 2 nitrogen and oxygen atoms in total. The Morgan fingerprint density at radius 2 is 1.84 bits per heavy atom. The molecule has 0 fully saturated rings. The van der Waals surface area contributed by atoms with Gasteiger partial charge >= 0.3 is 0 Å². The molecule has 0 atom stereocenters. The molecule has 0 aromatic heterocycles. The minimum Gasteiger partial charge on any atom is -0.497 e. The van der Waals surface area contributed by atoms with Gasteiger partial charge in [-0.2, -0.15) is 0 Å². The molecule has 19 heavy (non-hydrogen) atoms. The first kappa shape index (κ1) is 13.6. The van der Waals surface area contributed by atoms with Crippen molar-refractivity contribution in [2.24, 2.45) is 0 Å². The molecular weight excluding hydrogens is 241 g/mol. The van der Waals surface area contributed by atoms with E-state index < -0.39 is 0 Å². The van der Waals surface area contributed by atoms with Gasteiger partial charge in [-0.1, -0.05) is 24.3 Å². The Labute approximate surface area is 113 Å². The second-order valence-corrected chi connectivity index (χ2v) is 4.40. The number of halogens is 1. The highest BCUT2D eigenvalue weighted by molar-refractivity contribution is 5.28. The number of methoxy groups -OCH3 is 1. The molecule has 2 rings (SSSR count). The summed E-state index contributed by atoms with van der Waals surface area (Å²) < 4.78 is 17.9. The van der Waals surface area contributed by atoms with Gasteiger partial charge in [0.1, 0.15) is 11.6 Å². The van der Waals surface area contributed by atoms with Crippen LogP contribution in [0.25, 0.3) is 0 Å². The lowest BCUT2D eigenvalue weighted by molar-refractivity contribution is 0.414. The number of rotatable bonds is 6. The zero-order valence-electron chi connectivity index (χ0n) is 11.0. The summed E-state index contributed by atoms with van der Waals surface area (Å²) in [5.41, 5.74) is 2.33. The highest BCUT2D eigenvalue weighted by Gasteiger charge is 1.97. The fourth-order valence-electron chi connectivity index (χ4n) is 1.90. The molecule has 0 unspecified atom stereocenters. The van der Waals surface area contributed by atoms with Crippen molar-refractivity contribution in [3.63, 3.8) is 0 Å².